The molecule has 2 heterocycles. The van der Waals surface area contributed by atoms with Crippen molar-refractivity contribution < 1.29 is 0 Å². The summed E-state index contributed by atoms with van der Waals surface area (Å²) in [4.78, 5) is 6.85. The van der Waals surface area contributed by atoms with Crippen LogP contribution in [-0.2, 0) is 6.54 Å². The lowest BCUT2D eigenvalue weighted by atomic mass is 10.3. The molecular weight excluding hydrogens is 250 g/mol. The summed E-state index contributed by atoms with van der Waals surface area (Å²) < 4.78 is 1.85. The molecule has 0 fully saturated rings. The van der Waals surface area contributed by atoms with Crippen molar-refractivity contribution in [1.29, 1.82) is 0 Å². The Kier molecular flexibility index (Phi) is 5.49. The van der Waals surface area contributed by atoms with Gasteiger partial charge in [-0.25, -0.2) is 9.50 Å². The largest absolute Gasteiger partial charge is 0.313 e. The lowest BCUT2D eigenvalue weighted by Gasteiger charge is -2.17. The Morgan fingerprint density at radius 3 is 2.85 bits per heavy atom. The summed E-state index contributed by atoms with van der Waals surface area (Å²) >= 11 is 0. The van der Waals surface area contributed by atoms with E-state index in [2.05, 4.69) is 34.1 Å². The molecule has 0 aliphatic rings. The third-order valence-electron chi connectivity index (χ3n) is 3.54. The fraction of sp³-hybridized carbons (Fsp3) is 0.600. The summed E-state index contributed by atoms with van der Waals surface area (Å²) in [6.07, 6.45) is 5.15. The molecule has 2 aromatic heterocycles. The van der Waals surface area contributed by atoms with Crippen LogP contribution >= 0.6 is 0 Å². The second-order valence-corrected chi connectivity index (χ2v) is 5.11. The highest BCUT2D eigenvalue weighted by Crippen LogP contribution is 2.04. The first-order valence-electron chi connectivity index (χ1n) is 7.47. The van der Waals surface area contributed by atoms with Crippen LogP contribution < -0.4 is 5.32 Å². The summed E-state index contributed by atoms with van der Waals surface area (Å²) in [6, 6.07) is 1.99. The van der Waals surface area contributed by atoms with Crippen LogP contribution in [0.5, 0.6) is 0 Å². The van der Waals surface area contributed by atoms with E-state index in [1.807, 2.05) is 29.9 Å². The maximum Gasteiger partial charge on any atom is 0.155 e. The Labute approximate surface area is 121 Å². The van der Waals surface area contributed by atoms with Gasteiger partial charge in [0.05, 0.1) is 5.69 Å². The normalized spacial score (nSPS) is 11.6. The van der Waals surface area contributed by atoms with Crippen LogP contribution in [0.3, 0.4) is 0 Å². The number of aromatic nitrogens is 3. The zero-order valence-corrected chi connectivity index (χ0v) is 12.8. The Morgan fingerprint density at radius 1 is 1.30 bits per heavy atom. The van der Waals surface area contributed by atoms with Gasteiger partial charge in [-0.3, -0.25) is 0 Å². The van der Waals surface area contributed by atoms with E-state index < -0.39 is 0 Å². The smallest absolute Gasteiger partial charge is 0.155 e. The molecule has 2 rings (SSSR count). The van der Waals surface area contributed by atoms with E-state index in [0.29, 0.717) is 0 Å². The molecule has 0 bridgehead atoms. The molecule has 0 aliphatic heterocycles. The van der Waals surface area contributed by atoms with Crippen LogP contribution in [0.4, 0.5) is 0 Å². The third kappa shape index (κ3) is 4.02. The molecular formula is C15H25N5. The van der Waals surface area contributed by atoms with Crippen molar-refractivity contribution in [3.63, 3.8) is 0 Å². The lowest BCUT2D eigenvalue weighted by molar-refractivity contribution is 0.298. The quantitative estimate of drug-likeness (QED) is 0.747. The minimum atomic E-state index is 0.847. The van der Waals surface area contributed by atoms with Crippen LogP contribution in [0.25, 0.3) is 5.65 Å². The molecule has 0 aromatic carbocycles. The van der Waals surface area contributed by atoms with E-state index in [0.717, 1.165) is 44.1 Å². The average Bonchev–Trinajstić information content (AvgIpc) is 2.82. The Balaban J connectivity index is 1.75. The van der Waals surface area contributed by atoms with Crippen LogP contribution in [0, 0.1) is 6.92 Å². The highest BCUT2D eigenvalue weighted by Gasteiger charge is 2.01. The first-order chi connectivity index (χ1) is 9.72. The van der Waals surface area contributed by atoms with Gasteiger partial charge in [-0.15, -0.1) is 0 Å². The molecule has 0 saturated carbocycles. The highest BCUT2D eigenvalue weighted by atomic mass is 15.2. The second-order valence-electron chi connectivity index (χ2n) is 5.11. The molecule has 20 heavy (non-hydrogen) atoms. The molecule has 0 spiro atoms. The number of fused-ring (bicyclic) bond motifs is 1. The minimum absolute atomic E-state index is 0.847. The van der Waals surface area contributed by atoms with Crippen molar-refractivity contribution in [3.8, 4) is 0 Å². The number of hydrogen-bond donors (Lipinski definition) is 1. The average molecular weight is 275 g/mol. The SMILES string of the molecule is CCN(CC)CCCNCc1cnc2cc(C)nn2c1. The van der Waals surface area contributed by atoms with Crippen molar-refractivity contribution in [2.45, 2.75) is 33.7 Å². The van der Waals surface area contributed by atoms with Gasteiger partial charge in [0.1, 0.15) is 0 Å². The molecule has 0 saturated heterocycles. The predicted molar refractivity (Wildman–Crippen MR) is 81.8 cm³/mol. The number of nitrogens with zero attached hydrogens (tertiary/aromatic N) is 4. The Bertz CT molecular complexity index is 530. The third-order valence-corrected chi connectivity index (χ3v) is 3.54. The minimum Gasteiger partial charge on any atom is -0.313 e. The summed E-state index contributed by atoms with van der Waals surface area (Å²) in [5.41, 5.74) is 3.08. The van der Waals surface area contributed by atoms with E-state index in [-0.39, 0.29) is 0 Å². The Hall–Kier alpha value is -1.46. The van der Waals surface area contributed by atoms with E-state index in [1.54, 1.807) is 0 Å². The van der Waals surface area contributed by atoms with E-state index >= 15 is 0 Å². The van der Waals surface area contributed by atoms with Crippen LogP contribution in [0.2, 0.25) is 0 Å². The van der Waals surface area contributed by atoms with Crippen LogP contribution in [0.15, 0.2) is 18.5 Å². The standard InChI is InChI=1S/C15H25N5/c1-4-19(5-2)8-6-7-16-10-14-11-17-15-9-13(3)18-20(15)12-14/h9,11-12,16H,4-8,10H2,1-3H3. The van der Waals surface area contributed by atoms with Gasteiger partial charge in [-0.1, -0.05) is 13.8 Å². The van der Waals surface area contributed by atoms with Gasteiger partial charge >= 0.3 is 0 Å². The zero-order chi connectivity index (χ0) is 14.4. The van der Waals surface area contributed by atoms with Gasteiger partial charge in [0.2, 0.25) is 0 Å². The van der Waals surface area contributed by atoms with Gasteiger partial charge < -0.3 is 10.2 Å². The predicted octanol–water partition coefficient (Wildman–Crippen LogP) is 1.86. The number of nitrogens with one attached hydrogen (secondary N) is 1. The summed E-state index contributed by atoms with van der Waals surface area (Å²) in [5.74, 6) is 0. The van der Waals surface area contributed by atoms with Crippen molar-refractivity contribution >= 4 is 5.65 Å². The zero-order valence-electron chi connectivity index (χ0n) is 12.8. The molecule has 110 valence electrons. The molecule has 5 nitrogen and oxygen atoms in total. The van der Waals surface area contributed by atoms with Crippen molar-refractivity contribution in [3.05, 3.63) is 29.7 Å². The highest BCUT2D eigenvalue weighted by molar-refractivity contribution is 5.38. The monoisotopic (exact) mass is 275 g/mol. The van der Waals surface area contributed by atoms with Gasteiger partial charge in [0.15, 0.2) is 5.65 Å². The first kappa shape index (κ1) is 14.9. The topological polar surface area (TPSA) is 45.5 Å². The second kappa shape index (κ2) is 7.36. The fourth-order valence-corrected chi connectivity index (χ4v) is 2.33. The maximum absolute atomic E-state index is 4.41. The summed E-state index contributed by atoms with van der Waals surface area (Å²) in [7, 11) is 0. The fourth-order valence-electron chi connectivity index (χ4n) is 2.33. The first-order valence-corrected chi connectivity index (χ1v) is 7.47. The molecule has 2 aromatic rings. The summed E-state index contributed by atoms with van der Waals surface area (Å²) in [6.45, 7) is 11.7. The van der Waals surface area contributed by atoms with Gasteiger partial charge in [0.25, 0.3) is 0 Å². The van der Waals surface area contributed by atoms with Crippen molar-refractivity contribution in [2.75, 3.05) is 26.2 Å². The van der Waals surface area contributed by atoms with Crippen LogP contribution in [0.1, 0.15) is 31.5 Å². The molecule has 0 radical (unpaired) electrons. The van der Waals surface area contributed by atoms with E-state index in [4.69, 9.17) is 0 Å². The van der Waals surface area contributed by atoms with Crippen LogP contribution in [-0.4, -0.2) is 45.7 Å². The number of rotatable bonds is 8. The summed E-state index contributed by atoms with van der Waals surface area (Å²) in [5, 5.41) is 7.85. The molecule has 0 amide bonds. The molecule has 1 N–H and O–H groups in total. The van der Waals surface area contributed by atoms with Gasteiger partial charge in [0, 0.05) is 30.6 Å². The molecule has 0 aliphatic carbocycles. The number of aryl methyl sites for hydroxylation is 1. The molecule has 5 heteroatoms. The van der Waals surface area contributed by atoms with Crippen molar-refractivity contribution in [1.82, 2.24) is 24.8 Å². The molecule has 0 atom stereocenters. The molecule has 0 unspecified atom stereocenters. The number of hydrogen-bond acceptors (Lipinski definition) is 4. The van der Waals surface area contributed by atoms with Gasteiger partial charge in [-0.2, -0.15) is 5.10 Å². The Morgan fingerprint density at radius 2 is 2.10 bits per heavy atom. The van der Waals surface area contributed by atoms with E-state index in [1.165, 1.54) is 12.0 Å². The lowest BCUT2D eigenvalue weighted by Crippen LogP contribution is -2.27. The van der Waals surface area contributed by atoms with Crippen molar-refractivity contribution in [2.24, 2.45) is 0 Å². The van der Waals surface area contributed by atoms with E-state index in [9.17, 15) is 0 Å². The van der Waals surface area contributed by atoms with Gasteiger partial charge in [-0.05, 0) is 39.5 Å². The maximum atomic E-state index is 4.41.